The summed E-state index contributed by atoms with van der Waals surface area (Å²) in [6, 6.07) is 8.17. The average Bonchev–Trinajstić information content (AvgIpc) is 2.69. The fourth-order valence-corrected chi connectivity index (χ4v) is 2.51. The standard InChI is InChI=1S/C12H9ClFN3S/c1-7(8-3-2-4-9(14)5-8)16-12-17-11(13)10(6-15)18-12/h2-5,7H,1H3,(H,16,17). The smallest absolute Gasteiger partial charge is 0.185 e. The van der Waals surface area contributed by atoms with Crippen LogP contribution in [0.15, 0.2) is 24.3 Å². The summed E-state index contributed by atoms with van der Waals surface area (Å²) in [6.07, 6.45) is 0. The molecule has 0 aliphatic rings. The molecule has 0 amide bonds. The van der Waals surface area contributed by atoms with Gasteiger partial charge >= 0.3 is 0 Å². The molecule has 0 aliphatic carbocycles. The lowest BCUT2D eigenvalue weighted by Crippen LogP contribution is -2.06. The first-order valence-corrected chi connectivity index (χ1v) is 6.38. The van der Waals surface area contributed by atoms with Crippen LogP contribution in [0.25, 0.3) is 0 Å². The Labute approximate surface area is 113 Å². The molecule has 2 rings (SSSR count). The van der Waals surface area contributed by atoms with Gasteiger partial charge in [-0.2, -0.15) is 5.26 Å². The maximum atomic E-state index is 13.1. The summed E-state index contributed by atoms with van der Waals surface area (Å²) in [5, 5.41) is 12.6. The molecule has 1 atom stereocenters. The Hall–Kier alpha value is -1.64. The number of benzene rings is 1. The summed E-state index contributed by atoms with van der Waals surface area (Å²) in [6.45, 7) is 1.89. The number of aromatic nitrogens is 1. The molecule has 18 heavy (non-hydrogen) atoms. The lowest BCUT2D eigenvalue weighted by atomic mass is 10.1. The van der Waals surface area contributed by atoms with E-state index in [0.717, 1.165) is 5.56 Å². The van der Waals surface area contributed by atoms with E-state index in [4.69, 9.17) is 16.9 Å². The van der Waals surface area contributed by atoms with Crippen molar-refractivity contribution in [2.75, 3.05) is 5.32 Å². The van der Waals surface area contributed by atoms with Gasteiger partial charge in [-0.05, 0) is 24.6 Å². The van der Waals surface area contributed by atoms with Crippen molar-refractivity contribution in [1.29, 1.82) is 5.26 Å². The zero-order chi connectivity index (χ0) is 13.1. The predicted octanol–water partition coefficient (Wildman–Crippen LogP) is 3.98. The lowest BCUT2D eigenvalue weighted by Gasteiger charge is -2.12. The molecule has 1 N–H and O–H groups in total. The second-order valence-corrected chi connectivity index (χ2v) is 5.03. The minimum Gasteiger partial charge on any atom is -0.355 e. The minimum absolute atomic E-state index is 0.116. The summed E-state index contributed by atoms with van der Waals surface area (Å²) >= 11 is 6.95. The number of rotatable bonds is 3. The van der Waals surface area contributed by atoms with Crippen LogP contribution < -0.4 is 5.32 Å². The molecule has 0 aliphatic heterocycles. The summed E-state index contributed by atoms with van der Waals surface area (Å²) in [5.41, 5.74) is 0.805. The molecule has 0 radical (unpaired) electrons. The molecule has 1 unspecified atom stereocenters. The van der Waals surface area contributed by atoms with Crippen LogP contribution in [0, 0.1) is 17.1 Å². The Kier molecular flexibility index (Phi) is 3.80. The Morgan fingerprint density at radius 2 is 2.33 bits per heavy atom. The highest BCUT2D eigenvalue weighted by Crippen LogP contribution is 2.28. The number of nitriles is 1. The zero-order valence-corrected chi connectivity index (χ0v) is 11.0. The molecule has 0 saturated heterocycles. The van der Waals surface area contributed by atoms with Crippen molar-refractivity contribution in [3.63, 3.8) is 0 Å². The number of hydrogen-bond donors (Lipinski definition) is 1. The van der Waals surface area contributed by atoms with Crippen LogP contribution in [0.2, 0.25) is 5.15 Å². The first kappa shape index (κ1) is 12.8. The molecular weight excluding hydrogens is 273 g/mol. The second kappa shape index (κ2) is 5.34. The SMILES string of the molecule is CC(Nc1nc(Cl)c(C#N)s1)c1cccc(F)c1. The van der Waals surface area contributed by atoms with Gasteiger partial charge in [0.05, 0.1) is 6.04 Å². The quantitative estimate of drug-likeness (QED) is 0.926. The largest absolute Gasteiger partial charge is 0.355 e. The van der Waals surface area contributed by atoms with Gasteiger partial charge in [0.25, 0.3) is 0 Å². The fraction of sp³-hybridized carbons (Fsp3) is 0.167. The van der Waals surface area contributed by atoms with E-state index in [1.807, 2.05) is 19.1 Å². The second-order valence-electron chi connectivity index (χ2n) is 3.67. The molecule has 2 aromatic rings. The number of thiazole rings is 1. The summed E-state index contributed by atoms with van der Waals surface area (Å²) < 4.78 is 13.1. The number of nitrogens with one attached hydrogen (secondary N) is 1. The van der Waals surface area contributed by atoms with Crippen LogP contribution >= 0.6 is 22.9 Å². The molecule has 3 nitrogen and oxygen atoms in total. The van der Waals surface area contributed by atoms with Gasteiger partial charge in [0.15, 0.2) is 10.3 Å². The molecular formula is C12H9ClFN3S. The van der Waals surface area contributed by atoms with E-state index in [0.29, 0.717) is 10.0 Å². The van der Waals surface area contributed by atoms with Crippen molar-refractivity contribution in [3.8, 4) is 6.07 Å². The summed E-state index contributed by atoms with van der Waals surface area (Å²) in [5.74, 6) is -0.281. The first-order chi connectivity index (χ1) is 8.60. The van der Waals surface area contributed by atoms with Crippen LogP contribution in [0.5, 0.6) is 0 Å². The molecule has 92 valence electrons. The minimum atomic E-state index is -0.281. The molecule has 1 aromatic heterocycles. The van der Waals surface area contributed by atoms with E-state index < -0.39 is 0 Å². The van der Waals surface area contributed by atoms with Crippen molar-refractivity contribution < 1.29 is 4.39 Å². The molecule has 6 heteroatoms. The number of hydrogen-bond acceptors (Lipinski definition) is 4. The highest BCUT2D eigenvalue weighted by Gasteiger charge is 2.12. The van der Waals surface area contributed by atoms with Crippen LogP contribution in [-0.4, -0.2) is 4.98 Å². The topological polar surface area (TPSA) is 48.7 Å². The normalized spacial score (nSPS) is 11.9. The Morgan fingerprint density at radius 1 is 1.56 bits per heavy atom. The Morgan fingerprint density at radius 3 is 2.94 bits per heavy atom. The van der Waals surface area contributed by atoms with E-state index in [1.165, 1.54) is 23.5 Å². The lowest BCUT2D eigenvalue weighted by molar-refractivity contribution is 0.623. The van der Waals surface area contributed by atoms with Crippen molar-refractivity contribution >= 4 is 28.1 Å². The highest BCUT2D eigenvalue weighted by atomic mass is 35.5. The van der Waals surface area contributed by atoms with E-state index in [9.17, 15) is 4.39 Å². The molecule has 0 bridgehead atoms. The van der Waals surface area contributed by atoms with E-state index in [2.05, 4.69) is 10.3 Å². The monoisotopic (exact) mass is 281 g/mol. The van der Waals surface area contributed by atoms with Crippen molar-refractivity contribution in [2.45, 2.75) is 13.0 Å². The van der Waals surface area contributed by atoms with Gasteiger partial charge in [-0.1, -0.05) is 35.1 Å². The van der Waals surface area contributed by atoms with Gasteiger partial charge in [0, 0.05) is 0 Å². The van der Waals surface area contributed by atoms with Gasteiger partial charge in [-0.15, -0.1) is 0 Å². The molecule has 1 heterocycles. The van der Waals surface area contributed by atoms with Gasteiger partial charge in [-0.3, -0.25) is 0 Å². The van der Waals surface area contributed by atoms with Crippen LogP contribution in [0.1, 0.15) is 23.4 Å². The number of halogens is 2. The van der Waals surface area contributed by atoms with Gasteiger partial charge in [0.1, 0.15) is 16.8 Å². The first-order valence-electron chi connectivity index (χ1n) is 5.18. The zero-order valence-electron chi connectivity index (χ0n) is 9.45. The maximum absolute atomic E-state index is 13.1. The van der Waals surface area contributed by atoms with Gasteiger partial charge in [-0.25, -0.2) is 9.37 Å². The average molecular weight is 282 g/mol. The van der Waals surface area contributed by atoms with Crippen molar-refractivity contribution in [1.82, 2.24) is 4.98 Å². The summed E-state index contributed by atoms with van der Waals surface area (Å²) in [4.78, 5) is 4.39. The number of anilines is 1. The van der Waals surface area contributed by atoms with Crippen molar-refractivity contribution in [2.24, 2.45) is 0 Å². The van der Waals surface area contributed by atoms with Crippen LogP contribution in [0.3, 0.4) is 0 Å². The summed E-state index contributed by atoms with van der Waals surface area (Å²) in [7, 11) is 0. The molecule has 1 aromatic carbocycles. The third-order valence-corrected chi connectivity index (χ3v) is 3.65. The maximum Gasteiger partial charge on any atom is 0.185 e. The van der Waals surface area contributed by atoms with E-state index in [1.54, 1.807) is 6.07 Å². The van der Waals surface area contributed by atoms with Gasteiger partial charge < -0.3 is 5.32 Å². The third-order valence-electron chi connectivity index (χ3n) is 2.38. The molecule has 0 saturated carbocycles. The van der Waals surface area contributed by atoms with E-state index >= 15 is 0 Å². The molecule has 0 fully saturated rings. The van der Waals surface area contributed by atoms with Crippen molar-refractivity contribution in [3.05, 3.63) is 45.7 Å². The predicted molar refractivity (Wildman–Crippen MR) is 70.3 cm³/mol. The third kappa shape index (κ3) is 2.78. The fourth-order valence-electron chi connectivity index (χ4n) is 1.48. The highest BCUT2D eigenvalue weighted by molar-refractivity contribution is 7.16. The van der Waals surface area contributed by atoms with Crippen LogP contribution in [-0.2, 0) is 0 Å². The van der Waals surface area contributed by atoms with E-state index in [-0.39, 0.29) is 17.0 Å². The Balaban J connectivity index is 2.16. The van der Waals surface area contributed by atoms with Crippen LogP contribution in [0.4, 0.5) is 9.52 Å². The molecule has 0 spiro atoms. The van der Waals surface area contributed by atoms with Gasteiger partial charge in [0.2, 0.25) is 0 Å². The number of nitrogens with zero attached hydrogens (tertiary/aromatic N) is 2. The Bertz CT molecular complexity index is 606.